The van der Waals surface area contributed by atoms with Crippen LogP contribution in [0.4, 0.5) is 0 Å². The number of aliphatic hydroxyl groups excluding tert-OH is 1. The van der Waals surface area contributed by atoms with Crippen molar-refractivity contribution in [1.82, 2.24) is 0 Å². The number of esters is 1. The molecule has 0 aromatic rings. The topological polar surface area (TPSA) is 87.4 Å². The second kappa shape index (κ2) is 4.69. The van der Waals surface area contributed by atoms with Crippen molar-refractivity contribution in [1.29, 1.82) is 5.26 Å². The Morgan fingerprint density at radius 3 is 2.79 bits per heavy atom. The largest absolute Gasteiger partial charge is 0.512 e. The summed E-state index contributed by atoms with van der Waals surface area (Å²) in [6.45, 7) is 1.91. The number of ether oxygens (including phenoxy) is 1. The van der Waals surface area contributed by atoms with Crippen molar-refractivity contribution < 1.29 is 19.4 Å². The summed E-state index contributed by atoms with van der Waals surface area (Å²) in [6.07, 6.45) is 1.44. The quantitative estimate of drug-likeness (QED) is 0.730. The van der Waals surface area contributed by atoms with Gasteiger partial charge in [0.25, 0.3) is 0 Å². The first kappa shape index (κ1) is 13.6. The third-order valence-corrected chi connectivity index (χ3v) is 4.41. The van der Waals surface area contributed by atoms with Crippen molar-refractivity contribution in [2.45, 2.75) is 32.6 Å². The lowest BCUT2D eigenvalue weighted by molar-refractivity contribution is -0.140. The Morgan fingerprint density at radius 2 is 2.21 bits per heavy atom. The van der Waals surface area contributed by atoms with Gasteiger partial charge in [0.05, 0.1) is 18.8 Å². The minimum absolute atomic E-state index is 0.00565. The van der Waals surface area contributed by atoms with E-state index in [1.54, 1.807) is 0 Å². The van der Waals surface area contributed by atoms with Crippen molar-refractivity contribution in [3.8, 4) is 6.07 Å². The number of hydrogen-bond donors (Lipinski definition) is 1. The minimum Gasteiger partial charge on any atom is -0.512 e. The molecule has 0 aromatic carbocycles. The molecule has 3 atom stereocenters. The normalized spacial score (nSPS) is 34.5. The molecule has 0 aliphatic heterocycles. The van der Waals surface area contributed by atoms with Crippen LogP contribution in [0.1, 0.15) is 32.6 Å². The summed E-state index contributed by atoms with van der Waals surface area (Å²) in [4.78, 5) is 24.1. The Hall–Kier alpha value is -1.83. The Morgan fingerprint density at radius 1 is 1.53 bits per heavy atom. The highest BCUT2D eigenvalue weighted by molar-refractivity contribution is 5.95. The molecule has 1 N–H and O–H groups in total. The first-order valence-electron chi connectivity index (χ1n) is 6.42. The fourth-order valence-electron chi connectivity index (χ4n) is 3.41. The molecule has 19 heavy (non-hydrogen) atoms. The van der Waals surface area contributed by atoms with Gasteiger partial charge in [0, 0.05) is 18.8 Å². The fraction of sp³-hybridized carbons (Fsp3) is 0.643. The Kier molecular flexibility index (Phi) is 3.36. The molecule has 2 aliphatic rings. The van der Waals surface area contributed by atoms with Crippen molar-refractivity contribution in [2.24, 2.45) is 17.3 Å². The summed E-state index contributed by atoms with van der Waals surface area (Å²) >= 11 is 0. The van der Waals surface area contributed by atoms with E-state index in [-0.39, 0.29) is 35.9 Å². The lowest BCUT2D eigenvalue weighted by Gasteiger charge is -2.44. The predicted molar refractivity (Wildman–Crippen MR) is 65.8 cm³/mol. The van der Waals surface area contributed by atoms with E-state index in [0.29, 0.717) is 12.8 Å². The number of carbonyl (C=O) groups is 2. The summed E-state index contributed by atoms with van der Waals surface area (Å²) in [5.74, 6) is -1.35. The van der Waals surface area contributed by atoms with E-state index in [1.807, 2.05) is 6.92 Å². The predicted octanol–water partition coefficient (Wildman–Crippen LogP) is 1.89. The smallest absolute Gasteiger partial charge is 0.337 e. The van der Waals surface area contributed by atoms with Gasteiger partial charge in [0.2, 0.25) is 0 Å². The van der Waals surface area contributed by atoms with E-state index in [2.05, 4.69) is 6.07 Å². The average Bonchev–Trinajstić information content (AvgIpc) is 2.42. The van der Waals surface area contributed by atoms with E-state index >= 15 is 0 Å². The molecule has 0 bridgehead atoms. The molecule has 5 nitrogen and oxygen atoms in total. The Labute approximate surface area is 111 Å². The van der Waals surface area contributed by atoms with Crippen LogP contribution in [0.2, 0.25) is 0 Å². The minimum atomic E-state index is -1.17. The highest BCUT2D eigenvalue weighted by Crippen LogP contribution is 2.52. The van der Waals surface area contributed by atoms with Crippen molar-refractivity contribution in [3.63, 3.8) is 0 Å². The highest BCUT2D eigenvalue weighted by atomic mass is 16.5. The van der Waals surface area contributed by atoms with E-state index in [9.17, 15) is 20.0 Å². The third kappa shape index (κ3) is 1.83. The van der Waals surface area contributed by atoms with Gasteiger partial charge in [-0.1, -0.05) is 6.92 Å². The molecule has 1 fully saturated rings. The number of rotatable bonds is 1. The van der Waals surface area contributed by atoms with Gasteiger partial charge in [-0.3, -0.25) is 4.79 Å². The first-order valence-corrected chi connectivity index (χ1v) is 6.42. The first-order chi connectivity index (χ1) is 8.97. The van der Waals surface area contributed by atoms with Crippen LogP contribution in [-0.2, 0) is 14.3 Å². The summed E-state index contributed by atoms with van der Waals surface area (Å²) in [5.41, 5.74) is -1.05. The second-order valence-corrected chi connectivity index (χ2v) is 5.35. The van der Waals surface area contributed by atoms with E-state index in [4.69, 9.17) is 4.74 Å². The number of nitrogens with zero attached hydrogens (tertiary/aromatic N) is 1. The number of ketones is 1. The average molecular weight is 263 g/mol. The fourth-order valence-corrected chi connectivity index (χ4v) is 3.41. The number of hydrogen-bond acceptors (Lipinski definition) is 5. The van der Waals surface area contributed by atoms with Crippen LogP contribution in [0.5, 0.6) is 0 Å². The molecule has 2 rings (SSSR count). The number of allylic oxidation sites excluding steroid dienone is 1. The molecule has 1 saturated carbocycles. The molecular weight excluding hydrogens is 246 g/mol. The molecule has 2 aliphatic carbocycles. The monoisotopic (exact) mass is 263 g/mol. The maximum absolute atomic E-state index is 12.2. The number of carbonyl (C=O) groups excluding carboxylic acids is 2. The zero-order chi connectivity index (χ0) is 14.2. The number of nitriles is 1. The van der Waals surface area contributed by atoms with E-state index < -0.39 is 17.3 Å². The van der Waals surface area contributed by atoms with Gasteiger partial charge in [-0.15, -0.1) is 0 Å². The van der Waals surface area contributed by atoms with Gasteiger partial charge >= 0.3 is 5.97 Å². The van der Waals surface area contributed by atoms with Gasteiger partial charge in [-0.2, -0.15) is 5.26 Å². The molecular formula is C14H17NO4. The molecule has 0 aromatic heterocycles. The summed E-state index contributed by atoms with van der Waals surface area (Å²) < 4.78 is 4.70. The zero-order valence-electron chi connectivity index (χ0n) is 11.1. The van der Waals surface area contributed by atoms with E-state index in [0.717, 1.165) is 0 Å². The molecule has 0 radical (unpaired) electrons. The SMILES string of the molecule is COC(=O)C1=C(O)CC[C@]2(C#N)C(=O)CC[C@@H](C)[C@H]12. The van der Waals surface area contributed by atoms with Gasteiger partial charge in [-0.25, -0.2) is 4.79 Å². The second-order valence-electron chi connectivity index (χ2n) is 5.35. The number of aliphatic hydroxyl groups is 1. The lowest BCUT2D eigenvalue weighted by Crippen LogP contribution is -2.49. The summed E-state index contributed by atoms with van der Waals surface area (Å²) in [7, 11) is 1.24. The van der Waals surface area contributed by atoms with Crippen LogP contribution in [0.15, 0.2) is 11.3 Å². The van der Waals surface area contributed by atoms with Crippen molar-refractivity contribution >= 4 is 11.8 Å². The standard InChI is InChI=1S/C14H17NO4/c1-8-3-4-10(17)14(7-15)6-5-9(16)11(12(8)14)13(18)19-2/h8,12,16H,3-6H2,1-2H3/t8-,12-,14+/m1/s1. The Bertz CT molecular complexity index is 502. The van der Waals surface area contributed by atoms with Crippen LogP contribution in [0, 0.1) is 28.6 Å². The van der Waals surface area contributed by atoms with Gasteiger partial charge < -0.3 is 9.84 Å². The van der Waals surface area contributed by atoms with Crippen LogP contribution in [-0.4, -0.2) is 24.0 Å². The molecule has 0 unspecified atom stereocenters. The van der Waals surface area contributed by atoms with Crippen LogP contribution >= 0.6 is 0 Å². The van der Waals surface area contributed by atoms with Gasteiger partial charge in [0.15, 0.2) is 5.78 Å². The molecule has 0 saturated heterocycles. The van der Waals surface area contributed by atoms with E-state index in [1.165, 1.54) is 7.11 Å². The van der Waals surface area contributed by atoms with Crippen molar-refractivity contribution in [2.75, 3.05) is 7.11 Å². The number of fused-ring (bicyclic) bond motifs is 1. The zero-order valence-corrected chi connectivity index (χ0v) is 11.1. The van der Waals surface area contributed by atoms with Crippen LogP contribution in [0.3, 0.4) is 0 Å². The maximum atomic E-state index is 12.2. The van der Waals surface area contributed by atoms with Gasteiger partial charge in [-0.05, 0) is 18.8 Å². The molecule has 0 amide bonds. The molecule has 102 valence electrons. The summed E-state index contributed by atoms with van der Waals surface area (Å²) in [5, 5.41) is 19.5. The molecule has 0 heterocycles. The molecule has 5 heteroatoms. The van der Waals surface area contributed by atoms with Crippen LogP contribution in [0.25, 0.3) is 0 Å². The van der Waals surface area contributed by atoms with Crippen molar-refractivity contribution in [3.05, 3.63) is 11.3 Å². The molecule has 0 spiro atoms. The lowest BCUT2D eigenvalue weighted by atomic mass is 9.55. The van der Waals surface area contributed by atoms with Gasteiger partial charge in [0.1, 0.15) is 11.2 Å². The highest BCUT2D eigenvalue weighted by Gasteiger charge is 2.56. The maximum Gasteiger partial charge on any atom is 0.337 e. The summed E-state index contributed by atoms with van der Waals surface area (Å²) in [6, 6.07) is 2.13. The number of Topliss-reactive ketones (excluding diaryl/α,β-unsaturated/α-hetero) is 1. The number of methoxy groups -OCH3 is 1. The van der Waals surface area contributed by atoms with Crippen LogP contribution < -0.4 is 0 Å². The Balaban J connectivity index is 2.58. The third-order valence-electron chi connectivity index (χ3n) is 4.41.